The zero-order valence-electron chi connectivity index (χ0n) is 11.2. The van der Waals surface area contributed by atoms with E-state index in [1.165, 1.54) is 0 Å². The van der Waals surface area contributed by atoms with Crippen LogP contribution in [0.1, 0.15) is 34.5 Å². The lowest BCUT2D eigenvalue weighted by atomic mass is 9.93. The van der Waals surface area contributed by atoms with Crippen LogP contribution in [-0.4, -0.2) is 21.3 Å². The summed E-state index contributed by atoms with van der Waals surface area (Å²) in [4.78, 5) is 11.6. The first-order valence-electron chi connectivity index (χ1n) is 6.70. The molecule has 0 atom stereocenters. The van der Waals surface area contributed by atoms with Crippen molar-refractivity contribution < 1.29 is 14.6 Å². The van der Waals surface area contributed by atoms with Crippen LogP contribution in [0.2, 0.25) is 5.02 Å². The van der Waals surface area contributed by atoms with Gasteiger partial charge in [-0.25, -0.2) is 4.79 Å². The van der Waals surface area contributed by atoms with E-state index in [1.54, 1.807) is 24.3 Å². The van der Waals surface area contributed by atoms with E-state index in [2.05, 4.69) is 10.2 Å². The second kappa shape index (κ2) is 5.69. The van der Waals surface area contributed by atoms with Gasteiger partial charge in [-0.05, 0) is 49.4 Å². The number of carbonyl (C=O) groups is 1. The molecule has 108 valence electrons. The number of hydrogen-bond donors (Lipinski definition) is 1. The molecular formula is C15H13ClN2O3. The Hall–Kier alpha value is -2.14. The van der Waals surface area contributed by atoms with Gasteiger partial charge >= 0.3 is 5.97 Å². The molecule has 0 unspecified atom stereocenters. The number of ether oxygens (including phenoxy) is 1. The van der Waals surface area contributed by atoms with Gasteiger partial charge in [-0.2, -0.15) is 5.10 Å². The topological polar surface area (TPSA) is 72.3 Å². The first kappa shape index (κ1) is 13.8. The highest BCUT2D eigenvalue weighted by Gasteiger charge is 2.25. The van der Waals surface area contributed by atoms with Gasteiger partial charge in [0.05, 0.1) is 5.69 Å². The summed E-state index contributed by atoms with van der Waals surface area (Å²) in [5, 5.41) is 18.0. The molecule has 21 heavy (non-hydrogen) atoms. The van der Waals surface area contributed by atoms with E-state index in [9.17, 15) is 9.90 Å². The summed E-state index contributed by atoms with van der Waals surface area (Å²) in [5.74, 6) is -0.583. The SMILES string of the molecule is O=C(O)c1c(Oc2cccc(Cl)c2)nnc2c1CCCC2. The van der Waals surface area contributed by atoms with Crippen LogP contribution >= 0.6 is 11.6 Å². The van der Waals surface area contributed by atoms with Crippen molar-refractivity contribution in [1.29, 1.82) is 0 Å². The van der Waals surface area contributed by atoms with Gasteiger partial charge < -0.3 is 9.84 Å². The van der Waals surface area contributed by atoms with Gasteiger partial charge in [0.1, 0.15) is 11.3 Å². The number of fused-ring (bicyclic) bond motifs is 1. The number of halogens is 1. The van der Waals surface area contributed by atoms with Gasteiger partial charge in [0.2, 0.25) is 0 Å². The number of aromatic carboxylic acids is 1. The largest absolute Gasteiger partial charge is 0.477 e. The molecule has 0 fully saturated rings. The highest BCUT2D eigenvalue weighted by atomic mass is 35.5. The van der Waals surface area contributed by atoms with Crippen molar-refractivity contribution in [2.75, 3.05) is 0 Å². The molecule has 0 spiro atoms. The number of hydrogen-bond acceptors (Lipinski definition) is 4. The van der Waals surface area contributed by atoms with E-state index in [0.717, 1.165) is 30.5 Å². The molecule has 0 bridgehead atoms. The Morgan fingerprint density at radius 2 is 2.05 bits per heavy atom. The molecule has 1 aliphatic rings. The zero-order valence-corrected chi connectivity index (χ0v) is 11.9. The molecule has 5 nitrogen and oxygen atoms in total. The molecule has 0 aliphatic heterocycles. The summed E-state index contributed by atoms with van der Waals surface area (Å²) in [6.07, 6.45) is 3.42. The molecule has 0 radical (unpaired) electrons. The third-order valence-electron chi connectivity index (χ3n) is 3.44. The molecule has 0 saturated heterocycles. The van der Waals surface area contributed by atoms with Crippen molar-refractivity contribution in [1.82, 2.24) is 10.2 Å². The van der Waals surface area contributed by atoms with Crippen molar-refractivity contribution in [3.63, 3.8) is 0 Å². The summed E-state index contributed by atoms with van der Waals surface area (Å²) in [6, 6.07) is 6.74. The molecule has 1 aromatic carbocycles. The predicted octanol–water partition coefficient (Wildman–Crippen LogP) is 3.50. The Balaban J connectivity index is 2.04. The average molecular weight is 305 g/mol. The Morgan fingerprint density at radius 3 is 2.81 bits per heavy atom. The van der Waals surface area contributed by atoms with Gasteiger partial charge in [0.25, 0.3) is 5.88 Å². The predicted molar refractivity (Wildman–Crippen MR) is 77.2 cm³/mol. The minimum Gasteiger partial charge on any atom is -0.477 e. The van der Waals surface area contributed by atoms with Gasteiger partial charge in [-0.3, -0.25) is 0 Å². The lowest BCUT2D eigenvalue weighted by Crippen LogP contribution is -2.15. The van der Waals surface area contributed by atoms with Crippen molar-refractivity contribution in [3.8, 4) is 11.6 Å². The average Bonchev–Trinajstić information content (AvgIpc) is 2.46. The normalized spacial score (nSPS) is 13.6. The fourth-order valence-electron chi connectivity index (χ4n) is 2.49. The number of benzene rings is 1. The van der Waals surface area contributed by atoms with Crippen molar-refractivity contribution in [3.05, 3.63) is 46.1 Å². The fourth-order valence-corrected chi connectivity index (χ4v) is 2.67. The van der Waals surface area contributed by atoms with Crippen LogP contribution in [0.25, 0.3) is 0 Å². The van der Waals surface area contributed by atoms with Gasteiger partial charge in [0, 0.05) is 5.02 Å². The third-order valence-corrected chi connectivity index (χ3v) is 3.68. The van der Waals surface area contributed by atoms with E-state index < -0.39 is 5.97 Å². The lowest BCUT2D eigenvalue weighted by Gasteiger charge is -2.17. The lowest BCUT2D eigenvalue weighted by molar-refractivity contribution is 0.0691. The van der Waals surface area contributed by atoms with E-state index in [-0.39, 0.29) is 11.4 Å². The smallest absolute Gasteiger partial charge is 0.341 e. The second-order valence-electron chi connectivity index (χ2n) is 4.88. The molecule has 1 aromatic heterocycles. The monoisotopic (exact) mass is 304 g/mol. The zero-order chi connectivity index (χ0) is 14.8. The van der Waals surface area contributed by atoms with Crippen LogP contribution in [0, 0.1) is 0 Å². The van der Waals surface area contributed by atoms with Crippen LogP contribution < -0.4 is 4.74 Å². The van der Waals surface area contributed by atoms with E-state index in [4.69, 9.17) is 16.3 Å². The minimum atomic E-state index is -1.04. The summed E-state index contributed by atoms with van der Waals surface area (Å²) in [7, 11) is 0. The van der Waals surface area contributed by atoms with Gasteiger partial charge in [-0.15, -0.1) is 5.10 Å². The summed E-state index contributed by atoms with van der Waals surface area (Å²) < 4.78 is 5.58. The van der Waals surface area contributed by atoms with Gasteiger partial charge in [0.15, 0.2) is 0 Å². The Labute approximate surface area is 126 Å². The molecule has 1 aliphatic carbocycles. The minimum absolute atomic E-state index is 0.0189. The van der Waals surface area contributed by atoms with E-state index >= 15 is 0 Å². The third kappa shape index (κ3) is 2.83. The quantitative estimate of drug-likeness (QED) is 0.939. The molecule has 3 rings (SSSR count). The van der Waals surface area contributed by atoms with Crippen LogP contribution in [0.15, 0.2) is 24.3 Å². The molecule has 0 saturated carbocycles. The fraction of sp³-hybridized carbons (Fsp3) is 0.267. The van der Waals surface area contributed by atoms with Crippen LogP contribution in [-0.2, 0) is 12.8 Å². The van der Waals surface area contributed by atoms with Gasteiger partial charge in [-0.1, -0.05) is 17.7 Å². The number of aryl methyl sites for hydroxylation is 1. The number of carboxylic acid groups (broad SMARTS) is 1. The van der Waals surface area contributed by atoms with E-state index in [1.807, 2.05) is 0 Å². The van der Waals surface area contributed by atoms with E-state index in [0.29, 0.717) is 17.2 Å². The molecule has 1 heterocycles. The van der Waals surface area contributed by atoms with Crippen molar-refractivity contribution in [2.45, 2.75) is 25.7 Å². The van der Waals surface area contributed by atoms with Crippen molar-refractivity contribution in [2.24, 2.45) is 0 Å². The first-order chi connectivity index (χ1) is 10.1. The Bertz CT molecular complexity index is 703. The number of nitrogens with zero attached hydrogens (tertiary/aromatic N) is 2. The Morgan fingerprint density at radius 1 is 1.24 bits per heavy atom. The maximum absolute atomic E-state index is 11.6. The molecule has 2 aromatic rings. The molecule has 1 N–H and O–H groups in total. The highest BCUT2D eigenvalue weighted by molar-refractivity contribution is 6.30. The molecule has 0 amide bonds. The molecule has 6 heteroatoms. The highest BCUT2D eigenvalue weighted by Crippen LogP contribution is 2.31. The molecular weight excluding hydrogens is 292 g/mol. The maximum atomic E-state index is 11.6. The first-order valence-corrected chi connectivity index (χ1v) is 7.08. The van der Waals surface area contributed by atoms with Crippen LogP contribution in [0.3, 0.4) is 0 Å². The maximum Gasteiger partial charge on any atom is 0.341 e. The number of aromatic nitrogens is 2. The second-order valence-corrected chi connectivity index (χ2v) is 5.31. The standard InChI is InChI=1S/C15H13ClN2O3/c16-9-4-3-5-10(8-9)21-14-13(15(19)20)11-6-1-2-7-12(11)17-18-14/h3-5,8H,1-2,6-7H2,(H,19,20). The summed E-state index contributed by atoms with van der Waals surface area (Å²) >= 11 is 5.90. The van der Waals surface area contributed by atoms with Crippen LogP contribution in [0.4, 0.5) is 0 Å². The summed E-state index contributed by atoms with van der Waals surface area (Å²) in [5.41, 5.74) is 1.61. The summed E-state index contributed by atoms with van der Waals surface area (Å²) in [6.45, 7) is 0. The Kier molecular flexibility index (Phi) is 3.75. The van der Waals surface area contributed by atoms with Crippen molar-refractivity contribution >= 4 is 17.6 Å². The number of rotatable bonds is 3. The van der Waals surface area contributed by atoms with Crippen LogP contribution in [0.5, 0.6) is 11.6 Å². The number of carboxylic acids is 1.